The van der Waals surface area contributed by atoms with Crippen LogP contribution in [0.25, 0.3) is 21.1 Å². The second-order valence-electron chi connectivity index (χ2n) is 5.96. The molecule has 2 heterocycles. The van der Waals surface area contributed by atoms with Gasteiger partial charge in [-0.3, -0.25) is 5.43 Å². The van der Waals surface area contributed by atoms with Crippen molar-refractivity contribution in [1.29, 1.82) is 0 Å². The maximum atomic E-state index is 13.3. The van der Waals surface area contributed by atoms with Gasteiger partial charge in [0.2, 0.25) is 0 Å². The van der Waals surface area contributed by atoms with Gasteiger partial charge >= 0.3 is 0 Å². The molecular weight excluding hydrogens is 387 g/mol. The van der Waals surface area contributed by atoms with Gasteiger partial charge in [0.1, 0.15) is 12.1 Å². The number of fused-ring (bicyclic) bond motifs is 3. The summed E-state index contributed by atoms with van der Waals surface area (Å²) in [6, 6.07) is 8.20. The number of halogens is 2. The summed E-state index contributed by atoms with van der Waals surface area (Å²) in [6.07, 6.45) is 3.32. The van der Waals surface area contributed by atoms with Crippen molar-refractivity contribution < 1.29 is 4.39 Å². The second kappa shape index (κ2) is 7.05. The maximum Gasteiger partial charge on any atom is 0.184 e. The number of thiazole rings is 1. The molecule has 9 heteroatoms. The number of benzene rings is 2. The summed E-state index contributed by atoms with van der Waals surface area (Å²) in [4.78, 5) is 14.9. The predicted octanol–water partition coefficient (Wildman–Crippen LogP) is 4.37. The van der Waals surface area contributed by atoms with Gasteiger partial charge in [-0.05, 0) is 30.3 Å². The quantitative estimate of drug-likeness (QED) is 0.314. The Morgan fingerprint density at radius 3 is 2.81 bits per heavy atom. The van der Waals surface area contributed by atoms with Crippen LogP contribution < -0.4 is 5.43 Å². The van der Waals surface area contributed by atoms with Gasteiger partial charge < -0.3 is 4.90 Å². The van der Waals surface area contributed by atoms with Gasteiger partial charge in [0, 0.05) is 25.7 Å². The van der Waals surface area contributed by atoms with Crippen molar-refractivity contribution in [3.63, 3.8) is 0 Å². The molecule has 2 aromatic heterocycles. The van der Waals surface area contributed by atoms with E-state index in [2.05, 4.69) is 20.5 Å². The fourth-order valence-corrected chi connectivity index (χ4v) is 3.88. The van der Waals surface area contributed by atoms with Crippen LogP contribution in [0.3, 0.4) is 0 Å². The van der Waals surface area contributed by atoms with E-state index in [1.807, 2.05) is 31.1 Å². The van der Waals surface area contributed by atoms with Gasteiger partial charge in [-0.25, -0.2) is 19.3 Å². The van der Waals surface area contributed by atoms with E-state index in [0.29, 0.717) is 11.5 Å². The molecule has 0 aliphatic carbocycles. The van der Waals surface area contributed by atoms with E-state index in [1.54, 1.807) is 12.3 Å². The molecule has 2 aromatic carbocycles. The van der Waals surface area contributed by atoms with Crippen molar-refractivity contribution in [3.05, 3.63) is 58.7 Å². The lowest BCUT2D eigenvalue weighted by molar-refractivity contribution is 0.621. The van der Waals surface area contributed by atoms with Crippen LogP contribution in [0, 0.1) is 5.82 Å². The number of hydrazone groups is 1. The summed E-state index contributed by atoms with van der Waals surface area (Å²) in [5.74, 6) is 0.168. The first-order chi connectivity index (χ1) is 13.0. The Kier molecular flexibility index (Phi) is 4.59. The molecule has 136 valence electrons. The van der Waals surface area contributed by atoms with E-state index >= 15 is 0 Å². The number of nitrogens with one attached hydrogen (secondary N) is 1. The van der Waals surface area contributed by atoms with Gasteiger partial charge in [0.05, 0.1) is 26.4 Å². The molecule has 0 radical (unpaired) electrons. The van der Waals surface area contributed by atoms with Crippen LogP contribution in [0.15, 0.2) is 48.0 Å². The molecule has 0 amide bonds. The molecule has 0 fully saturated rings. The average molecular weight is 401 g/mol. The van der Waals surface area contributed by atoms with E-state index in [1.165, 1.54) is 29.8 Å². The molecule has 4 rings (SSSR count). The fraction of sp³-hybridized carbons (Fsp3) is 0.111. The number of hydrogen-bond donors (Lipinski definition) is 1. The third-order valence-corrected chi connectivity index (χ3v) is 5.26. The number of nitrogens with zero attached hydrogens (tertiary/aromatic N) is 5. The minimum Gasteiger partial charge on any atom is -0.359 e. The van der Waals surface area contributed by atoms with E-state index in [0.717, 1.165) is 26.1 Å². The van der Waals surface area contributed by atoms with Gasteiger partial charge in [0.15, 0.2) is 10.8 Å². The number of aromatic nitrogens is 3. The Morgan fingerprint density at radius 2 is 2.04 bits per heavy atom. The smallest absolute Gasteiger partial charge is 0.184 e. The first kappa shape index (κ1) is 17.6. The molecule has 0 saturated heterocycles. The zero-order chi connectivity index (χ0) is 19.0. The SMILES string of the molecule is CN(C)C(=NNc1ccc(F)c(Cl)c1)c1nc2ccc3ncncc3c2s1. The normalized spacial score (nSPS) is 11.9. The Balaban J connectivity index is 1.75. The lowest BCUT2D eigenvalue weighted by atomic mass is 10.2. The van der Waals surface area contributed by atoms with Crippen molar-refractivity contribution in [3.8, 4) is 0 Å². The van der Waals surface area contributed by atoms with E-state index < -0.39 is 5.82 Å². The highest BCUT2D eigenvalue weighted by Gasteiger charge is 2.15. The largest absolute Gasteiger partial charge is 0.359 e. The molecule has 4 aromatic rings. The minimum absolute atomic E-state index is 0.0352. The van der Waals surface area contributed by atoms with Crippen LogP contribution in [0.1, 0.15) is 5.01 Å². The molecule has 0 bridgehead atoms. The Morgan fingerprint density at radius 1 is 1.22 bits per heavy atom. The molecule has 0 aliphatic rings. The van der Waals surface area contributed by atoms with Crippen LogP contribution in [-0.4, -0.2) is 39.8 Å². The fourth-order valence-electron chi connectivity index (χ4n) is 2.56. The van der Waals surface area contributed by atoms with Gasteiger partial charge in [-0.15, -0.1) is 11.3 Å². The molecule has 0 atom stereocenters. The number of hydrogen-bond acceptors (Lipinski definition) is 6. The zero-order valence-electron chi connectivity index (χ0n) is 14.4. The summed E-state index contributed by atoms with van der Waals surface area (Å²) in [5, 5.41) is 6.17. The molecule has 0 spiro atoms. The van der Waals surface area contributed by atoms with Crippen LogP contribution in [0.5, 0.6) is 0 Å². The Bertz CT molecular complexity index is 1170. The number of rotatable bonds is 3. The standard InChI is InChI=1S/C18H14ClFN6S/c1-26(2)17(25-24-10-3-4-13(20)12(19)7-10)18-23-15-6-5-14-11(16(15)27-18)8-21-9-22-14/h3-9,24H,1-2H3. The monoisotopic (exact) mass is 400 g/mol. The molecule has 1 N–H and O–H groups in total. The Hall–Kier alpha value is -2.84. The molecule has 0 saturated carbocycles. The molecule has 6 nitrogen and oxygen atoms in total. The third-order valence-electron chi connectivity index (χ3n) is 3.87. The van der Waals surface area contributed by atoms with E-state index in [4.69, 9.17) is 16.6 Å². The molecule has 27 heavy (non-hydrogen) atoms. The summed E-state index contributed by atoms with van der Waals surface area (Å²) < 4.78 is 14.3. The van der Waals surface area contributed by atoms with Gasteiger partial charge in [-0.1, -0.05) is 11.6 Å². The summed E-state index contributed by atoms with van der Waals surface area (Å²) in [6.45, 7) is 0. The molecule has 0 aliphatic heterocycles. The van der Waals surface area contributed by atoms with Crippen LogP contribution in [0.2, 0.25) is 5.02 Å². The van der Waals surface area contributed by atoms with Gasteiger partial charge in [0.25, 0.3) is 0 Å². The lowest BCUT2D eigenvalue weighted by Gasteiger charge is -2.13. The van der Waals surface area contributed by atoms with Gasteiger partial charge in [-0.2, -0.15) is 5.10 Å². The number of amidine groups is 1. The zero-order valence-corrected chi connectivity index (χ0v) is 16.0. The van der Waals surface area contributed by atoms with E-state index in [-0.39, 0.29) is 5.02 Å². The predicted molar refractivity (Wildman–Crippen MR) is 108 cm³/mol. The van der Waals surface area contributed by atoms with Crippen molar-refractivity contribution in [2.75, 3.05) is 19.5 Å². The first-order valence-corrected chi connectivity index (χ1v) is 9.18. The minimum atomic E-state index is -0.473. The summed E-state index contributed by atoms with van der Waals surface area (Å²) in [7, 11) is 3.76. The van der Waals surface area contributed by atoms with Crippen LogP contribution >= 0.6 is 22.9 Å². The van der Waals surface area contributed by atoms with E-state index in [9.17, 15) is 4.39 Å². The van der Waals surface area contributed by atoms with Crippen LogP contribution in [-0.2, 0) is 0 Å². The summed E-state index contributed by atoms with van der Waals surface area (Å²) >= 11 is 7.34. The van der Waals surface area contributed by atoms with Crippen LogP contribution in [0.4, 0.5) is 10.1 Å². The highest BCUT2D eigenvalue weighted by atomic mass is 35.5. The van der Waals surface area contributed by atoms with Crippen molar-refractivity contribution in [2.24, 2.45) is 5.10 Å². The first-order valence-electron chi connectivity index (χ1n) is 7.98. The Labute approximate surface area is 163 Å². The molecule has 0 unspecified atom stereocenters. The van der Waals surface area contributed by atoms with Crippen molar-refractivity contribution in [2.45, 2.75) is 0 Å². The molecular formula is C18H14ClFN6S. The second-order valence-corrected chi connectivity index (χ2v) is 7.37. The number of anilines is 1. The topological polar surface area (TPSA) is 66.3 Å². The maximum absolute atomic E-state index is 13.3. The third kappa shape index (κ3) is 3.41. The highest BCUT2D eigenvalue weighted by molar-refractivity contribution is 7.21. The van der Waals surface area contributed by atoms with Crippen molar-refractivity contribution >= 4 is 55.6 Å². The highest BCUT2D eigenvalue weighted by Crippen LogP contribution is 2.29. The average Bonchev–Trinajstić information content (AvgIpc) is 3.09. The summed E-state index contributed by atoms with van der Waals surface area (Å²) in [5.41, 5.74) is 5.22. The lowest BCUT2D eigenvalue weighted by Crippen LogP contribution is -2.24. The van der Waals surface area contributed by atoms with Crippen molar-refractivity contribution in [1.82, 2.24) is 19.9 Å².